The fraction of sp³-hybridized carbons (Fsp3) is 0.167. The van der Waals surface area contributed by atoms with Crippen molar-refractivity contribution in [2.75, 3.05) is 5.32 Å². The molecular weight excluding hydrogens is 484 g/mol. The van der Waals surface area contributed by atoms with Crippen LogP contribution in [-0.2, 0) is 21.2 Å². The largest absolute Gasteiger partial charge is 0.455 e. The van der Waals surface area contributed by atoms with E-state index in [0.717, 1.165) is 11.1 Å². The van der Waals surface area contributed by atoms with Crippen molar-refractivity contribution < 1.29 is 17.9 Å². The van der Waals surface area contributed by atoms with Crippen molar-refractivity contribution in [1.82, 2.24) is 4.72 Å². The molecular formula is C30H30N2O4S. The zero-order valence-corrected chi connectivity index (χ0v) is 21.9. The minimum atomic E-state index is -4.00. The zero-order valence-electron chi connectivity index (χ0n) is 21.1. The number of anilines is 1. The Hall–Kier alpha value is -3.94. The van der Waals surface area contributed by atoms with Gasteiger partial charge in [0, 0.05) is 0 Å². The quantitative estimate of drug-likeness (QED) is 0.290. The van der Waals surface area contributed by atoms with Gasteiger partial charge in [-0.1, -0.05) is 78.4 Å². The maximum atomic E-state index is 13.6. The van der Waals surface area contributed by atoms with Crippen LogP contribution in [0.4, 0.5) is 5.69 Å². The number of ether oxygens (including phenoxy) is 1. The van der Waals surface area contributed by atoms with Gasteiger partial charge in [0.1, 0.15) is 11.8 Å². The number of rotatable bonds is 9. The summed E-state index contributed by atoms with van der Waals surface area (Å²) < 4.78 is 35.7. The van der Waals surface area contributed by atoms with E-state index in [1.54, 1.807) is 38.1 Å². The number of para-hydroxylation sites is 3. The van der Waals surface area contributed by atoms with Gasteiger partial charge in [0.15, 0.2) is 5.75 Å². The second kappa shape index (κ2) is 11.4. The van der Waals surface area contributed by atoms with E-state index in [4.69, 9.17) is 4.74 Å². The van der Waals surface area contributed by atoms with Crippen molar-refractivity contribution in [3.63, 3.8) is 0 Å². The Kier molecular flexibility index (Phi) is 8.06. The molecule has 0 unspecified atom stereocenters. The summed E-state index contributed by atoms with van der Waals surface area (Å²) >= 11 is 0. The molecule has 4 rings (SSSR count). The first kappa shape index (κ1) is 26.1. The van der Waals surface area contributed by atoms with Crippen LogP contribution in [0.3, 0.4) is 0 Å². The summed E-state index contributed by atoms with van der Waals surface area (Å²) in [5.41, 5.74) is 3.51. The lowest BCUT2D eigenvalue weighted by Gasteiger charge is -2.21. The Balaban J connectivity index is 1.64. The Morgan fingerprint density at radius 2 is 1.38 bits per heavy atom. The average Bonchev–Trinajstić information content (AvgIpc) is 2.85. The van der Waals surface area contributed by atoms with Crippen LogP contribution in [-0.4, -0.2) is 20.4 Å². The van der Waals surface area contributed by atoms with Crippen LogP contribution in [0, 0.1) is 20.8 Å². The lowest BCUT2D eigenvalue weighted by atomic mass is 10.1. The molecule has 1 atom stereocenters. The van der Waals surface area contributed by atoms with E-state index in [1.807, 2.05) is 79.7 Å². The number of nitrogens with one attached hydrogen (secondary N) is 2. The predicted octanol–water partition coefficient (Wildman–Crippen LogP) is 5.93. The first-order valence-corrected chi connectivity index (χ1v) is 13.5. The Morgan fingerprint density at radius 3 is 2.03 bits per heavy atom. The Bertz CT molecular complexity index is 1460. The van der Waals surface area contributed by atoms with Gasteiger partial charge >= 0.3 is 0 Å². The Labute approximate surface area is 218 Å². The number of carbonyl (C=O) groups excluding carboxylic acids is 1. The van der Waals surface area contributed by atoms with Gasteiger partial charge in [-0.05, 0) is 68.1 Å². The lowest BCUT2D eigenvalue weighted by Crippen LogP contribution is -2.45. The van der Waals surface area contributed by atoms with Crippen LogP contribution in [0.5, 0.6) is 11.5 Å². The third kappa shape index (κ3) is 6.64. The topological polar surface area (TPSA) is 84.5 Å². The van der Waals surface area contributed by atoms with Crippen LogP contribution in [0.15, 0.2) is 102 Å². The second-order valence-corrected chi connectivity index (χ2v) is 10.6. The molecule has 0 saturated heterocycles. The summed E-state index contributed by atoms with van der Waals surface area (Å²) in [5.74, 6) is 0.587. The van der Waals surface area contributed by atoms with Crippen molar-refractivity contribution in [3.8, 4) is 11.5 Å². The first-order chi connectivity index (χ1) is 17.7. The molecule has 0 bridgehead atoms. The van der Waals surface area contributed by atoms with Crippen molar-refractivity contribution in [1.29, 1.82) is 0 Å². The summed E-state index contributed by atoms with van der Waals surface area (Å²) in [6.07, 6.45) is 0.178. The Morgan fingerprint density at radius 1 is 0.811 bits per heavy atom. The van der Waals surface area contributed by atoms with E-state index >= 15 is 0 Å². The van der Waals surface area contributed by atoms with Gasteiger partial charge in [0.2, 0.25) is 15.9 Å². The second-order valence-electron chi connectivity index (χ2n) is 8.99. The highest BCUT2D eigenvalue weighted by Gasteiger charge is 2.29. The fourth-order valence-corrected chi connectivity index (χ4v) is 6.02. The first-order valence-electron chi connectivity index (χ1n) is 12.0. The molecule has 0 spiro atoms. The van der Waals surface area contributed by atoms with Crippen molar-refractivity contribution in [3.05, 3.63) is 119 Å². The monoisotopic (exact) mass is 514 g/mol. The molecule has 0 aromatic heterocycles. The molecule has 0 aliphatic rings. The molecule has 4 aromatic rings. The van der Waals surface area contributed by atoms with Gasteiger partial charge in [-0.25, -0.2) is 8.42 Å². The minimum Gasteiger partial charge on any atom is -0.455 e. The van der Waals surface area contributed by atoms with E-state index in [9.17, 15) is 13.2 Å². The smallest absolute Gasteiger partial charge is 0.243 e. The lowest BCUT2D eigenvalue weighted by molar-refractivity contribution is -0.117. The highest BCUT2D eigenvalue weighted by atomic mass is 32.2. The molecule has 0 saturated carbocycles. The van der Waals surface area contributed by atoms with Crippen LogP contribution < -0.4 is 14.8 Å². The number of hydrogen-bond acceptors (Lipinski definition) is 4. The summed E-state index contributed by atoms with van der Waals surface area (Å²) in [7, 11) is -4.00. The molecule has 2 N–H and O–H groups in total. The van der Waals surface area contributed by atoms with Crippen LogP contribution in [0.25, 0.3) is 0 Å². The predicted molar refractivity (Wildman–Crippen MR) is 146 cm³/mol. The normalized spacial score (nSPS) is 12.1. The molecule has 6 nitrogen and oxygen atoms in total. The molecule has 0 heterocycles. The van der Waals surface area contributed by atoms with E-state index in [1.165, 1.54) is 0 Å². The molecule has 37 heavy (non-hydrogen) atoms. The van der Waals surface area contributed by atoms with Gasteiger partial charge in [0.05, 0.1) is 10.6 Å². The minimum absolute atomic E-state index is 0.178. The number of benzene rings is 4. The van der Waals surface area contributed by atoms with E-state index in [0.29, 0.717) is 28.3 Å². The van der Waals surface area contributed by atoms with Gasteiger partial charge in [-0.15, -0.1) is 0 Å². The van der Waals surface area contributed by atoms with Gasteiger partial charge in [0.25, 0.3) is 0 Å². The third-order valence-electron chi connectivity index (χ3n) is 5.89. The number of hydrogen-bond donors (Lipinski definition) is 2. The van der Waals surface area contributed by atoms with Crippen LogP contribution in [0.2, 0.25) is 0 Å². The molecule has 1 amide bonds. The molecule has 0 fully saturated rings. The molecule has 190 valence electrons. The SMILES string of the molecule is Cc1cc(C)c(S(=O)(=O)N[C@@H](Cc2ccccc2)C(=O)Nc2ccccc2Oc2ccccc2)c(C)c1. The number of aryl methyl sites for hydroxylation is 3. The summed E-state index contributed by atoms with van der Waals surface area (Å²) in [5, 5.41) is 2.87. The highest BCUT2D eigenvalue weighted by molar-refractivity contribution is 7.89. The van der Waals surface area contributed by atoms with Crippen LogP contribution in [0.1, 0.15) is 22.3 Å². The summed E-state index contributed by atoms with van der Waals surface area (Å²) in [6.45, 7) is 5.44. The van der Waals surface area contributed by atoms with Crippen molar-refractivity contribution in [2.45, 2.75) is 38.1 Å². The standard InChI is InChI=1S/C30H30N2O4S/c1-21-18-22(2)29(23(3)19-21)37(34,35)32-27(20-24-12-6-4-7-13-24)30(33)31-26-16-10-11-17-28(26)36-25-14-8-5-9-15-25/h4-19,27,32H,20H2,1-3H3,(H,31,33)/t27-/m0/s1. The average molecular weight is 515 g/mol. The van der Waals surface area contributed by atoms with Crippen molar-refractivity contribution >= 4 is 21.6 Å². The third-order valence-corrected chi connectivity index (χ3v) is 7.66. The maximum absolute atomic E-state index is 13.6. The number of amides is 1. The maximum Gasteiger partial charge on any atom is 0.243 e. The summed E-state index contributed by atoms with van der Waals surface area (Å²) in [6, 6.07) is 28.2. The molecule has 4 aromatic carbocycles. The van der Waals surface area contributed by atoms with Gasteiger partial charge in [-0.3, -0.25) is 4.79 Å². The van der Waals surface area contributed by atoms with E-state index < -0.39 is 22.0 Å². The summed E-state index contributed by atoms with van der Waals surface area (Å²) in [4.78, 5) is 13.8. The molecule has 7 heteroatoms. The van der Waals surface area contributed by atoms with E-state index in [2.05, 4.69) is 10.0 Å². The molecule has 0 aliphatic heterocycles. The molecule has 0 radical (unpaired) electrons. The molecule has 0 aliphatic carbocycles. The number of carbonyl (C=O) groups is 1. The van der Waals surface area contributed by atoms with Gasteiger partial charge < -0.3 is 10.1 Å². The fourth-order valence-electron chi connectivity index (χ4n) is 4.37. The number of sulfonamides is 1. The van der Waals surface area contributed by atoms with E-state index in [-0.39, 0.29) is 11.3 Å². The van der Waals surface area contributed by atoms with Crippen LogP contribution >= 0.6 is 0 Å². The van der Waals surface area contributed by atoms with Gasteiger partial charge in [-0.2, -0.15) is 4.72 Å². The highest BCUT2D eigenvalue weighted by Crippen LogP contribution is 2.29. The zero-order chi connectivity index (χ0) is 26.4. The van der Waals surface area contributed by atoms with Crippen molar-refractivity contribution in [2.24, 2.45) is 0 Å².